The van der Waals surface area contributed by atoms with Gasteiger partial charge in [0.25, 0.3) is 0 Å². The Morgan fingerprint density at radius 2 is 2.11 bits per heavy atom. The lowest BCUT2D eigenvalue weighted by Gasteiger charge is -2.38. The fourth-order valence-electron chi connectivity index (χ4n) is 2.54. The van der Waals surface area contributed by atoms with Gasteiger partial charge in [0.2, 0.25) is 0 Å². The highest BCUT2D eigenvalue weighted by Gasteiger charge is 2.28. The summed E-state index contributed by atoms with van der Waals surface area (Å²) in [5, 5.41) is 9.27. The van der Waals surface area contributed by atoms with Crippen LogP contribution < -0.4 is 4.90 Å². The van der Waals surface area contributed by atoms with Gasteiger partial charge in [-0.15, -0.1) is 0 Å². The van der Waals surface area contributed by atoms with Crippen LogP contribution in [0, 0.1) is 0 Å². The Morgan fingerprint density at radius 1 is 1.37 bits per heavy atom. The summed E-state index contributed by atoms with van der Waals surface area (Å²) >= 11 is 0. The lowest BCUT2D eigenvalue weighted by molar-refractivity contribution is -0.143. The summed E-state index contributed by atoms with van der Waals surface area (Å²) in [6, 6.07) is 5.54. The quantitative estimate of drug-likeness (QED) is 0.871. The molecule has 0 bridgehead atoms. The molecule has 1 atom stereocenters. The molecule has 0 aromatic carbocycles. The van der Waals surface area contributed by atoms with Crippen molar-refractivity contribution in [1.29, 1.82) is 0 Å². The maximum atomic E-state index is 11.3. The second kappa shape index (κ2) is 6.52. The molecule has 1 aromatic heterocycles. The summed E-state index contributed by atoms with van der Waals surface area (Å²) in [4.78, 5) is 19.9. The van der Waals surface area contributed by atoms with Gasteiger partial charge in [-0.3, -0.25) is 9.69 Å². The average Bonchev–Trinajstić information content (AvgIpc) is 2.46. The van der Waals surface area contributed by atoms with Gasteiger partial charge in [-0.2, -0.15) is 0 Å². The van der Waals surface area contributed by atoms with E-state index in [-0.39, 0.29) is 6.04 Å². The summed E-state index contributed by atoms with van der Waals surface area (Å²) in [5.41, 5.74) is 0. The summed E-state index contributed by atoms with van der Waals surface area (Å²) < 4.78 is 0. The van der Waals surface area contributed by atoms with Gasteiger partial charge < -0.3 is 10.0 Å². The van der Waals surface area contributed by atoms with Crippen molar-refractivity contribution in [2.75, 3.05) is 31.1 Å². The summed E-state index contributed by atoms with van der Waals surface area (Å²) in [5.74, 6) is 0.276. The molecule has 1 N–H and O–H groups in total. The Morgan fingerprint density at radius 3 is 2.63 bits per heavy atom. The van der Waals surface area contributed by atoms with E-state index in [1.807, 2.05) is 25.1 Å². The molecule has 5 nitrogen and oxygen atoms in total. The molecule has 0 radical (unpaired) electrons. The van der Waals surface area contributed by atoms with E-state index < -0.39 is 5.97 Å². The fraction of sp³-hybridized carbons (Fsp3) is 0.571. The highest BCUT2D eigenvalue weighted by Crippen LogP contribution is 2.16. The number of anilines is 1. The van der Waals surface area contributed by atoms with Crippen LogP contribution in [0.15, 0.2) is 24.4 Å². The Labute approximate surface area is 113 Å². The third-order valence-electron chi connectivity index (χ3n) is 3.58. The second-order valence-corrected chi connectivity index (χ2v) is 4.85. The highest BCUT2D eigenvalue weighted by atomic mass is 16.4. The molecular weight excluding hydrogens is 242 g/mol. The number of carboxylic acids is 1. The summed E-state index contributed by atoms with van der Waals surface area (Å²) in [6.07, 6.45) is 3.41. The normalized spacial score (nSPS) is 18.3. The van der Waals surface area contributed by atoms with Crippen LogP contribution in [0.3, 0.4) is 0 Å². The van der Waals surface area contributed by atoms with E-state index in [0.717, 1.165) is 44.8 Å². The highest BCUT2D eigenvalue weighted by molar-refractivity contribution is 5.73. The Hall–Kier alpha value is -1.62. The minimum absolute atomic E-state index is 0.337. The van der Waals surface area contributed by atoms with Crippen molar-refractivity contribution in [2.24, 2.45) is 0 Å². The van der Waals surface area contributed by atoms with Crippen molar-refractivity contribution in [2.45, 2.75) is 25.8 Å². The molecule has 1 aliphatic rings. The van der Waals surface area contributed by atoms with Crippen molar-refractivity contribution in [3.8, 4) is 0 Å². The third kappa shape index (κ3) is 3.44. The van der Waals surface area contributed by atoms with Crippen molar-refractivity contribution < 1.29 is 9.90 Å². The molecule has 0 aliphatic carbocycles. The first kappa shape index (κ1) is 13.8. The van der Waals surface area contributed by atoms with Gasteiger partial charge in [0.15, 0.2) is 0 Å². The molecule has 1 aliphatic heterocycles. The van der Waals surface area contributed by atoms with E-state index in [4.69, 9.17) is 0 Å². The molecule has 104 valence electrons. The van der Waals surface area contributed by atoms with Crippen molar-refractivity contribution in [3.05, 3.63) is 24.4 Å². The molecule has 2 rings (SSSR count). The first-order valence-corrected chi connectivity index (χ1v) is 6.85. The molecule has 2 heterocycles. The molecule has 1 saturated heterocycles. The van der Waals surface area contributed by atoms with E-state index in [9.17, 15) is 9.90 Å². The van der Waals surface area contributed by atoms with Gasteiger partial charge in [0, 0.05) is 32.4 Å². The first-order valence-electron chi connectivity index (χ1n) is 6.85. The standard InChI is InChI=1S/C14H21N3O2/c1-2-5-12(14(18)19)16-8-10-17(11-9-16)13-6-3-4-7-15-13/h3-4,6-7,12H,2,5,8-11H2,1H3,(H,18,19). The van der Waals surface area contributed by atoms with Gasteiger partial charge in [-0.25, -0.2) is 4.98 Å². The predicted molar refractivity (Wildman–Crippen MR) is 74.4 cm³/mol. The lowest BCUT2D eigenvalue weighted by atomic mass is 10.1. The molecule has 19 heavy (non-hydrogen) atoms. The average molecular weight is 263 g/mol. The Bertz CT molecular complexity index is 402. The number of carbonyl (C=O) groups is 1. The number of piperazine rings is 1. The minimum atomic E-state index is -0.701. The molecular formula is C14H21N3O2. The fourth-order valence-corrected chi connectivity index (χ4v) is 2.54. The van der Waals surface area contributed by atoms with Gasteiger partial charge >= 0.3 is 5.97 Å². The van der Waals surface area contributed by atoms with Crippen molar-refractivity contribution >= 4 is 11.8 Å². The number of rotatable bonds is 5. The molecule has 0 amide bonds. The zero-order chi connectivity index (χ0) is 13.7. The van der Waals surface area contributed by atoms with Crippen LogP contribution >= 0.6 is 0 Å². The second-order valence-electron chi connectivity index (χ2n) is 4.85. The first-order chi connectivity index (χ1) is 9.22. The Kier molecular flexibility index (Phi) is 4.74. The molecule has 1 unspecified atom stereocenters. The monoisotopic (exact) mass is 263 g/mol. The maximum absolute atomic E-state index is 11.3. The van der Waals surface area contributed by atoms with E-state index in [2.05, 4.69) is 14.8 Å². The SMILES string of the molecule is CCCC(C(=O)O)N1CCN(c2ccccn2)CC1. The molecule has 0 saturated carbocycles. The van der Waals surface area contributed by atoms with Gasteiger partial charge in [0.1, 0.15) is 11.9 Å². The van der Waals surface area contributed by atoms with E-state index in [1.54, 1.807) is 6.20 Å². The Balaban J connectivity index is 1.93. The number of aromatic nitrogens is 1. The van der Waals surface area contributed by atoms with Crippen molar-refractivity contribution in [3.63, 3.8) is 0 Å². The third-order valence-corrected chi connectivity index (χ3v) is 3.58. The lowest BCUT2D eigenvalue weighted by Crippen LogP contribution is -2.52. The number of carboxylic acid groups (broad SMARTS) is 1. The van der Waals surface area contributed by atoms with Gasteiger partial charge in [-0.1, -0.05) is 19.4 Å². The smallest absolute Gasteiger partial charge is 0.320 e. The molecule has 5 heteroatoms. The van der Waals surface area contributed by atoms with Crippen LogP contribution in [-0.2, 0) is 4.79 Å². The number of nitrogens with zero attached hydrogens (tertiary/aromatic N) is 3. The summed E-state index contributed by atoms with van der Waals surface area (Å²) in [6.45, 7) is 5.27. The van der Waals surface area contributed by atoms with Crippen LogP contribution in [0.5, 0.6) is 0 Å². The van der Waals surface area contributed by atoms with E-state index >= 15 is 0 Å². The molecule has 1 fully saturated rings. The number of hydrogen-bond acceptors (Lipinski definition) is 4. The summed E-state index contributed by atoms with van der Waals surface area (Å²) in [7, 11) is 0. The molecule has 1 aromatic rings. The topological polar surface area (TPSA) is 56.7 Å². The van der Waals surface area contributed by atoms with E-state index in [1.165, 1.54) is 0 Å². The van der Waals surface area contributed by atoms with Crippen LogP contribution in [0.4, 0.5) is 5.82 Å². The van der Waals surface area contributed by atoms with Gasteiger partial charge in [0.05, 0.1) is 0 Å². The minimum Gasteiger partial charge on any atom is -0.480 e. The van der Waals surface area contributed by atoms with Crippen LogP contribution in [-0.4, -0.2) is 53.2 Å². The maximum Gasteiger partial charge on any atom is 0.320 e. The van der Waals surface area contributed by atoms with E-state index in [0.29, 0.717) is 0 Å². The largest absolute Gasteiger partial charge is 0.480 e. The zero-order valence-corrected chi connectivity index (χ0v) is 11.3. The predicted octanol–water partition coefficient (Wildman–Crippen LogP) is 1.46. The number of pyridine rings is 1. The number of aliphatic carboxylic acids is 1. The van der Waals surface area contributed by atoms with Crippen LogP contribution in [0.25, 0.3) is 0 Å². The number of hydrogen-bond donors (Lipinski definition) is 1. The van der Waals surface area contributed by atoms with Crippen LogP contribution in [0.2, 0.25) is 0 Å². The van der Waals surface area contributed by atoms with Gasteiger partial charge in [-0.05, 0) is 18.6 Å². The zero-order valence-electron chi connectivity index (χ0n) is 11.3. The van der Waals surface area contributed by atoms with Crippen LogP contribution in [0.1, 0.15) is 19.8 Å². The molecule has 0 spiro atoms. The van der Waals surface area contributed by atoms with Crippen molar-refractivity contribution in [1.82, 2.24) is 9.88 Å².